The van der Waals surface area contributed by atoms with E-state index in [9.17, 15) is 26.4 Å². The maximum atomic E-state index is 13.5. The van der Waals surface area contributed by atoms with E-state index in [0.29, 0.717) is 37.4 Å². The highest BCUT2D eigenvalue weighted by Gasteiger charge is 2.49. The Balaban J connectivity index is 1.69. The van der Waals surface area contributed by atoms with Crippen LogP contribution in [0.15, 0.2) is 60.7 Å². The van der Waals surface area contributed by atoms with Gasteiger partial charge in [-0.3, -0.25) is 0 Å². The van der Waals surface area contributed by atoms with Gasteiger partial charge in [0.2, 0.25) is 0 Å². The number of halogens is 3. The number of carbonyl (C=O) groups excluding carboxylic acids is 1. The molecule has 0 unspecified atom stereocenters. The fourth-order valence-electron chi connectivity index (χ4n) is 4.87. The topological polar surface area (TPSA) is 113 Å². The summed E-state index contributed by atoms with van der Waals surface area (Å²) in [6.07, 6.45) is 0.457. The molecule has 0 radical (unpaired) electrons. The van der Waals surface area contributed by atoms with Gasteiger partial charge in [0.1, 0.15) is 18.0 Å². The first kappa shape index (κ1) is 34.5. The SMILES string of the molecule is COc1ccc(-c2c(OC)cc(N3CCC(NC(=O)OC(C)(C)C)CC3)cc2OS(=O)(=O)C(F)(F)F)cc1OCc1ccccc1. The predicted octanol–water partition coefficient (Wildman–Crippen LogP) is 6.67. The summed E-state index contributed by atoms with van der Waals surface area (Å²) >= 11 is 0. The predicted molar refractivity (Wildman–Crippen MR) is 166 cm³/mol. The quantitative estimate of drug-likeness (QED) is 0.187. The molecule has 14 heteroatoms. The van der Waals surface area contributed by atoms with E-state index in [1.807, 2.05) is 35.2 Å². The van der Waals surface area contributed by atoms with Crippen molar-refractivity contribution in [2.45, 2.75) is 57.4 Å². The number of rotatable bonds is 10. The van der Waals surface area contributed by atoms with Crippen molar-refractivity contribution in [2.24, 2.45) is 0 Å². The summed E-state index contributed by atoms with van der Waals surface area (Å²) in [6.45, 7) is 6.24. The molecule has 0 aliphatic carbocycles. The van der Waals surface area contributed by atoms with E-state index in [4.69, 9.17) is 23.1 Å². The number of alkyl halides is 3. The summed E-state index contributed by atoms with van der Waals surface area (Å²) in [5.41, 5.74) is -4.87. The number of piperidine rings is 1. The third kappa shape index (κ3) is 8.68. The van der Waals surface area contributed by atoms with Gasteiger partial charge in [-0.15, -0.1) is 0 Å². The molecule has 10 nitrogen and oxygen atoms in total. The minimum Gasteiger partial charge on any atom is -0.496 e. The molecule has 1 saturated heterocycles. The van der Waals surface area contributed by atoms with Crippen molar-refractivity contribution in [2.75, 3.05) is 32.2 Å². The summed E-state index contributed by atoms with van der Waals surface area (Å²) < 4.78 is 92.2. The van der Waals surface area contributed by atoms with Crippen LogP contribution in [0.4, 0.5) is 23.7 Å². The van der Waals surface area contributed by atoms with Crippen molar-refractivity contribution in [3.63, 3.8) is 0 Å². The molecule has 1 aliphatic heterocycles. The maximum Gasteiger partial charge on any atom is 0.534 e. The Kier molecular flexibility index (Phi) is 10.5. The summed E-state index contributed by atoms with van der Waals surface area (Å²) in [6, 6.07) is 16.5. The van der Waals surface area contributed by atoms with Crippen molar-refractivity contribution in [3.05, 3.63) is 66.2 Å². The summed E-state index contributed by atoms with van der Waals surface area (Å²) in [5.74, 6) is 0.0978. The fraction of sp³-hybridized carbons (Fsp3) is 0.406. The van der Waals surface area contributed by atoms with Gasteiger partial charge in [-0.1, -0.05) is 36.4 Å². The number of hydrogen-bond donors (Lipinski definition) is 1. The third-order valence-corrected chi connectivity index (χ3v) is 7.99. The molecule has 0 atom stereocenters. The highest BCUT2D eigenvalue weighted by atomic mass is 32.2. The van der Waals surface area contributed by atoms with Gasteiger partial charge in [-0.05, 0) is 56.9 Å². The number of carbonyl (C=O) groups is 1. The molecule has 1 N–H and O–H groups in total. The number of anilines is 1. The van der Waals surface area contributed by atoms with Crippen LogP contribution in [0.5, 0.6) is 23.0 Å². The van der Waals surface area contributed by atoms with Gasteiger partial charge < -0.3 is 33.3 Å². The van der Waals surface area contributed by atoms with Crippen LogP contribution < -0.4 is 28.6 Å². The molecule has 1 aliphatic rings. The van der Waals surface area contributed by atoms with Crippen LogP contribution in [-0.2, 0) is 21.5 Å². The number of ether oxygens (including phenoxy) is 4. The van der Waals surface area contributed by atoms with Crippen LogP contribution in [0.25, 0.3) is 11.1 Å². The largest absolute Gasteiger partial charge is 0.534 e. The fourth-order valence-corrected chi connectivity index (χ4v) is 5.33. The molecular weight excluding hydrogens is 629 g/mol. The molecule has 3 aromatic rings. The molecule has 0 spiro atoms. The van der Waals surface area contributed by atoms with Gasteiger partial charge in [0.25, 0.3) is 0 Å². The lowest BCUT2D eigenvalue weighted by atomic mass is 10.00. The third-order valence-electron chi connectivity index (χ3n) is 7.02. The molecule has 1 fully saturated rings. The second kappa shape index (κ2) is 14.0. The van der Waals surface area contributed by atoms with Gasteiger partial charge in [0.15, 0.2) is 17.2 Å². The van der Waals surface area contributed by atoms with Crippen molar-refractivity contribution in [1.82, 2.24) is 5.32 Å². The molecule has 250 valence electrons. The summed E-state index contributed by atoms with van der Waals surface area (Å²) in [7, 11) is -3.29. The molecule has 0 aromatic heterocycles. The molecule has 1 amide bonds. The molecule has 4 rings (SSSR count). The Hall–Kier alpha value is -4.33. The lowest BCUT2D eigenvalue weighted by molar-refractivity contribution is -0.0500. The van der Waals surface area contributed by atoms with Crippen LogP contribution >= 0.6 is 0 Å². The standard InChI is InChI=1S/C32H37F3N2O8S/c1-31(2,3)44-30(38)36-23-13-15-37(16-14-23)24-18-27(42-5)29(28(19-24)45-46(39,40)32(33,34)35)22-11-12-25(41-4)26(17-22)43-20-21-9-7-6-8-10-21/h6-12,17-19,23H,13-16,20H2,1-5H3,(H,36,38). The molecule has 1 heterocycles. The van der Waals surface area contributed by atoms with E-state index in [0.717, 1.165) is 5.56 Å². The summed E-state index contributed by atoms with van der Waals surface area (Å²) in [4.78, 5) is 14.1. The number of nitrogens with one attached hydrogen (secondary N) is 1. The van der Waals surface area contributed by atoms with Crippen LogP contribution in [-0.4, -0.2) is 59.0 Å². The normalized spacial score (nSPS) is 14.4. The van der Waals surface area contributed by atoms with Gasteiger partial charge in [-0.25, -0.2) is 4.79 Å². The average molecular weight is 667 g/mol. The molecule has 0 bridgehead atoms. The van der Waals surface area contributed by atoms with Crippen LogP contribution in [0.3, 0.4) is 0 Å². The molecular formula is C32H37F3N2O8S. The van der Waals surface area contributed by atoms with Gasteiger partial charge in [0.05, 0.1) is 19.8 Å². The van der Waals surface area contributed by atoms with Crippen molar-refractivity contribution in [3.8, 4) is 34.1 Å². The first-order chi connectivity index (χ1) is 21.6. The Morgan fingerprint density at radius 3 is 2.11 bits per heavy atom. The average Bonchev–Trinajstić information content (AvgIpc) is 2.98. The van der Waals surface area contributed by atoms with E-state index in [-0.39, 0.29) is 35.3 Å². The molecule has 3 aromatic carbocycles. The van der Waals surface area contributed by atoms with Gasteiger partial charge >= 0.3 is 21.7 Å². The number of nitrogens with zero attached hydrogens (tertiary/aromatic N) is 1. The first-order valence-corrected chi connectivity index (χ1v) is 15.8. The minimum absolute atomic E-state index is 0.0345. The lowest BCUT2D eigenvalue weighted by Crippen LogP contribution is -2.46. The number of methoxy groups -OCH3 is 2. The van der Waals surface area contributed by atoms with Crippen molar-refractivity contribution < 1.29 is 49.5 Å². The number of alkyl carbamates (subject to hydrolysis) is 1. The highest BCUT2D eigenvalue weighted by Crippen LogP contribution is 2.46. The van der Waals surface area contributed by atoms with Crippen LogP contribution in [0.2, 0.25) is 0 Å². The summed E-state index contributed by atoms with van der Waals surface area (Å²) in [5, 5.41) is 2.83. The van der Waals surface area contributed by atoms with Crippen molar-refractivity contribution >= 4 is 21.9 Å². The zero-order chi connectivity index (χ0) is 33.7. The Morgan fingerprint density at radius 1 is 0.891 bits per heavy atom. The Labute approximate surface area is 266 Å². The van der Waals surface area contributed by atoms with E-state index < -0.39 is 33.1 Å². The molecule has 46 heavy (non-hydrogen) atoms. The van der Waals surface area contributed by atoms with E-state index in [1.54, 1.807) is 32.9 Å². The Morgan fingerprint density at radius 2 is 1.52 bits per heavy atom. The second-order valence-corrected chi connectivity index (χ2v) is 13.1. The van der Waals surface area contributed by atoms with E-state index in [1.165, 1.54) is 32.4 Å². The number of hydrogen-bond acceptors (Lipinski definition) is 9. The zero-order valence-corrected chi connectivity index (χ0v) is 27.0. The van der Waals surface area contributed by atoms with Gasteiger partial charge in [0, 0.05) is 37.0 Å². The zero-order valence-electron chi connectivity index (χ0n) is 26.1. The van der Waals surface area contributed by atoms with Crippen LogP contribution in [0, 0.1) is 0 Å². The van der Waals surface area contributed by atoms with E-state index in [2.05, 4.69) is 5.32 Å². The van der Waals surface area contributed by atoms with E-state index >= 15 is 0 Å². The number of benzene rings is 3. The van der Waals surface area contributed by atoms with Gasteiger partial charge in [-0.2, -0.15) is 21.6 Å². The minimum atomic E-state index is -6.05. The second-order valence-electron chi connectivity index (χ2n) is 11.6. The highest BCUT2D eigenvalue weighted by molar-refractivity contribution is 7.88. The Bertz CT molecular complexity index is 1620. The maximum absolute atomic E-state index is 13.5. The van der Waals surface area contributed by atoms with Crippen molar-refractivity contribution in [1.29, 1.82) is 0 Å². The monoisotopic (exact) mass is 666 g/mol. The first-order valence-electron chi connectivity index (χ1n) is 14.4. The van der Waals surface area contributed by atoms with Crippen LogP contribution in [0.1, 0.15) is 39.2 Å². The lowest BCUT2D eigenvalue weighted by Gasteiger charge is -2.34. The smallest absolute Gasteiger partial charge is 0.496 e. The molecule has 0 saturated carbocycles. The number of amides is 1.